The second-order valence-electron chi connectivity index (χ2n) is 4.95. The summed E-state index contributed by atoms with van der Waals surface area (Å²) in [6.45, 7) is 3.78. The molecule has 0 saturated carbocycles. The summed E-state index contributed by atoms with van der Waals surface area (Å²) >= 11 is 0. The van der Waals surface area contributed by atoms with Crippen LogP contribution in [0.3, 0.4) is 0 Å². The molecule has 0 bridgehead atoms. The zero-order valence-electron chi connectivity index (χ0n) is 11.7. The normalized spacial score (nSPS) is 10.8. The number of nitrogens with two attached hydrogens (primary N) is 1. The van der Waals surface area contributed by atoms with E-state index in [4.69, 9.17) is 10.3 Å². The second-order valence-corrected chi connectivity index (χ2v) is 4.95. The Kier molecular flexibility index (Phi) is 3.17. The molecule has 21 heavy (non-hydrogen) atoms. The molecule has 0 aliphatic carbocycles. The molecule has 0 fully saturated rings. The lowest BCUT2D eigenvalue weighted by Crippen LogP contribution is -1.90. The number of aryl methyl sites for hydroxylation is 2. The number of nitrogen functional groups attached to an aromatic ring is 1. The number of halogens is 1. The van der Waals surface area contributed by atoms with Crippen LogP contribution in [0.2, 0.25) is 0 Å². The minimum atomic E-state index is -0.328. The summed E-state index contributed by atoms with van der Waals surface area (Å²) in [5.41, 5.74) is 9.73. The van der Waals surface area contributed by atoms with Crippen LogP contribution in [-0.4, -0.2) is 10.1 Å². The Morgan fingerprint density at radius 1 is 1.05 bits per heavy atom. The van der Waals surface area contributed by atoms with Gasteiger partial charge in [-0.2, -0.15) is 4.98 Å². The zero-order valence-corrected chi connectivity index (χ0v) is 11.7. The minimum Gasteiger partial charge on any atom is -0.399 e. The molecule has 1 heterocycles. The Morgan fingerprint density at radius 3 is 2.62 bits per heavy atom. The van der Waals surface area contributed by atoms with Crippen LogP contribution in [0.15, 0.2) is 40.9 Å². The van der Waals surface area contributed by atoms with Crippen molar-refractivity contribution in [2.45, 2.75) is 13.8 Å². The maximum atomic E-state index is 13.4. The molecule has 0 saturated heterocycles. The lowest BCUT2D eigenvalue weighted by atomic mass is 10.1. The van der Waals surface area contributed by atoms with Crippen molar-refractivity contribution < 1.29 is 8.91 Å². The van der Waals surface area contributed by atoms with E-state index in [0.29, 0.717) is 23.0 Å². The summed E-state index contributed by atoms with van der Waals surface area (Å²) in [4.78, 5) is 4.34. The molecule has 106 valence electrons. The average Bonchev–Trinajstić information content (AvgIpc) is 2.94. The van der Waals surface area contributed by atoms with E-state index < -0.39 is 0 Å². The molecule has 0 atom stereocenters. The van der Waals surface area contributed by atoms with Crippen LogP contribution in [0.1, 0.15) is 11.1 Å². The predicted octanol–water partition coefficient (Wildman–Crippen LogP) is 3.74. The van der Waals surface area contributed by atoms with E-state index in [1.165, 1.54) is 12.1 Å². The largest absolute Gasteiger partial charge is 0.399 e. The van der Waals surface area contributed by atoms with E-state index in [-0.39, 0.29) is 5.82 Å². The highest BCUT2D eigenvalue weighted by Crippen LogP contribution is 2.26. The lowest BCUT2D eigenvalue weighted by Gasteiger charge is -2.01. The Labute approximate surface area is 121 Å². The number of benzene rings is 2. The van der Waals surface area contributed by atoms with Gasteiger partial charge in [0.05, 0.1) is 0 Å². The molecule has 0 unspecified atom stereocenters. The van der Waals surface area contributed by atoms with Crippen molar-refractivity contribution in [3.05, 3.63) is 53.3 Å². The average molecular weight is 283 g/mol. The molecule has 5 heteroatoms. The summed E-state index contributed by atoms with van der Waals surface area (Å²) in [7, 11) is 0. The van der Waals surface area contributed by atoms with Gasteiger partial charge in [-0.1, -0.05) is 11.2 Å². The van der Waals surface area contributed by atoms with Gasteiger partial charge in [0.15, 0.2) is 0 Å². The van der Waals surface area contributed by atoms with Crippen LogP contribution in [0.5, 0.6) is 0 Å². The third-order valence-corrected chi connectivity index (χ3v) is 3.38. The Hall–Kier alpha value is -2.69. The van der Waals surface area contributed by atoms with Gasteiger partial charge in [0.1, 0.15) is 5.82 Å². The first-order chi connectivity index (χ1) is 10.0. The Bertz CT molecular complexity index is 811. The topological polar surface area (TPSA) is 64.9 Å². The van der Waals surface area contributed by atoms with E-state index >= 15 is 0 Å². The molecule has 3 aromatic rings. The van der Waals surface area contributed by atoms with Gasteiger partial charge in [0.2, 0.25) is 5.82 Å². The molecule has 0 spiro atoms. The quantitative estimate of drug-likeness (QED) is 0.727. The molecule has 0 aliphatic heterocycles. The van der Waals surface area contributed by atoms with E-state index in [9.17, 15) is 4.39 Å². The van der Waals surface area contributed by atoms with Crippen molar-refractivity contribution in [1.82, 2.24) is 10.1 Å². The number of aromatic nitrogens is 2. The van der Waals surface area contributed by atoms with E-state index in [0.717, 1.165) is 16.7 Å². The number of nitrogens with zero attached hydrogens (tertiary/aromatic N) is 2. The highest BCUT2D eigenvalue weighted by Gasteiger charge is 2.13. The van der Waals surface area contributed by atoms with Gasteiger partial charge in [0, 0.05) is 16.8 Å². The van der Waals surface area contributed by atoms with E-state index in [1.54, 1.807) is 12.1 Å². The van der Waals surface area contributed by atoms with Gasteiger partial charge in [0.25, 0.3) is 5.89 Å². The van der Waals surface area contributed by atoms with Gasteiger partial charge in [-0.05, 0) is 55.3 Å². The third kappa shape index (κ3) is 2.50. The van der Waals surface area contributed by atoms with Crippen molar-refractivity contribution in [2.24, 2.45) is 0 Å². The van der Waals surface area contributed by atoms with Gasteiger partial charge in [-0.25, -0.2) is 4.39 Å². The van der Waals surface area contributed by atoms with Crippen LogP contribution < -0.4 is 5.73 Å². The van der Waals surface area contributed by atoms with Crippen LogP contribution in [0, 0.1) is 19.7 Å². The van der Waals surface area contributed by atoms with Crippen molar-refractivity contribution in [3.63, 3.8) is 0 Å². The number of anilines is 1. The van der Waals surface area contributed by atoms with Crippen LogP contribution in [0.25, 0.3) is 22.8 Å². The minimum absolute atomic E-state index is 0.328. The maximum Gasteiger partial charge on any atom is 0.258 e. The fraction of sp³-hybridized carbons (Fsp3) is 0.125. The molecular weight excluding hydrogens is 269 g/mol. The standard InChI is InChI=1S/C16H14FN3O/c1-9-3-5-12(17)8-13(9)15-19-16(21-20-15)11-4-6-14(18)10(2)7-11/h3-8H,18H2,1-2H3. The number of hydrogen-bond acceptors (Lipinski definition) is 4. The van der Waals surface area contributed by atoms with E-state index in [1.807, 2.05) is 26.0 Å². The summed E-state index contributed by atoms with van der Waals surface area (Å²) in [6, 6.07) is 9.99. The molecule has 0 aliphatic rings. The summed E-state index contributed by atoms with van der Waals surface area (Å²) < 4.78 is 18.6. The summed E-state index contributed by atoms with van der Waals surface area (Å²) in [6.07, 6.45) is 0. The van der Waals surface area contributed by atoms with E-state index in [2.05, 4.69) is 10.1 Å². The van der Waals surface area contributed by atoms with Crippen LogP contribution in [0.4, 0.5) is 10.1 Å². The summed E-state index contributed by atoms with van der Waals surface area (Å²) in [5, 5.41) is 3.93. The van der Waals surface area contributed by atoms with Gasteiger partial charge in [-0.15, -0.1) is 0 Å². The molecule has 2 aromatic carbocycles. The van der Waals surface area contributed by atoms with Crippen LogP contribution >= 0.6 is 0 Å². The second kappa shape index (κ2) is 5.01. The maximum absolute atomic E-state index is 13.4. The molecule has 0 radical (unpaired) electrons. The Morgan fingerprint density at radius 2 is 1.86 bits per heavy atom. The summed E-state index contributed by atoms with van der Waals surface area (Å²) in [5.74, 6) is 0.429. The molecule has 3 rings (SSSR count). The van der Waals surface area contributed by atoms with Crippen molar-refractivity contribution in [2.75, 3.05) is 5.73 Å². The fourth-order valence-electron chi connectivity index (χ4n) is 2.09. The molecule has 2 N–H and O–H groups in total. The Balaban J connectivity index is 2.03. The fourth-order valence-corrected chi connectivity index (χ4v) is 2.09. The molecular formula is C16H14FN3O. The van der Waals surface area contributed by atoms with Gasteiger partial charge in [-0.3, -0.25) is 0 Å². The first kappa shape index (κ1) is 13.3. The lowest BCUT2D eigenvalue weighted by molar-refractivity contribution is 0.432. The zero-order chi connectivity index (χ0) is 15.0. The van der Waals surface area contributed by atoms with Gasteiger partial charge < -0.3 is 10.3 Å². The van der Waals surface area contributed by atoms with Crippen LogP contribution in [-0.2, 0) is 0 Å². The van der Waals surface area contributed by atoms with Crippen molar-refractivity contribution in [1.29, 1.82) is 0 Å². The highest BCUT2D eigenvalue weighted by atomic mass is 19.1. The first-order valence-electron chi connectivity index (χ1n) is 6.51. The molecule has 1 aromatic heterocycles. The molecule has 4 nitrogen and oxygen atoms in total. The predicted molar refractivity (Wildman–Crippen MR) is 79.0 cm³/mol. The highest BCUT2D eigenvalue weighted by molar-refractivity contribution is 5.65. The van der Waals surface area contributed by atoms with Crippen molar-refractivity contribution in [3.8, 4) is 22.8 Å². The van der Waals surface area contributed by atoms with Crippen molar-refractivity contribution >= 4 is 5.69 Å². The smallest absolute Gasteiger partial charge is 0.258 e. The third-order valence-electron chi connectivity index (χ3n) is 3.38. The first-order valence-corrected chi connectivity index (χ1v) is 6.51. The monoisotopic (exact) mass is 283 g/mol. The molecule has 0 amide bonds. The SMILES string of the molecule is Cc1cc(-c2nc(-c3cc(F)ccc3C)no2)ccc1N. The van der Waals surface area contributed by atoms with Gasteiger partial charge >= 0.3 is 0 Å². The number of rotatable bonds is 2. The number of hydrogen-bond donors (Lipinski definition) is 1.